The number of aromatic nitrogens is 1. The van der Waals surface area contributed by atoms with Crippen LogP contribution in [0, 0.1) is 11.3 Å². The molecule has 1 aromatic carbocycles. The summed E-state index contributed by atoms with van der Waals surface area (Å²) in [5.74, 6) is 0.433. The van der Waals surface area contributed by atoms with E-state index in [-0.39, 0.29) is 18.5 Å². The molecular formula is C25H27ClF3N3O. The SMILES string of the molecule is O=C(N1CCc2ncc(C(F)(F)F)cc2C1)C12CCCC1CC(NCc1cccc(Cl)c1)C2. The molecule has 5 rings (SSSR count). The first kappa shape index (κ1) is 22.7. The summed E-state index contributed by atoms with van der Waals surface area (Å²) in [5.41, 5.74) is 1.14. The Balaban J connectivity index is 1.29. The smallest absolute Gasteiger partial charge is 0.337 e. The van der Waals surface area contributed by atoms with E-state index in [1.807, 2.05) is 24.3 Å². The second-order valence-corrected chi connectivity index (χ2v) is 10.1. The average Bonchev–Trinajstić information content (AvgIpc) is 3.34. The van der Waals surface area contributed by atoms with Crippen LogP contribution in [-0.2, 0) is 30.5 Å². The fourth-order valence-corrected chi connectivity index (χ4v) is 6.34. The lowest BCUT2D eigenvalue weighted by molar-refractivity contribution is -0.144. The molecule has 0 saturated heterocycles. The van der Waals surface area contributed by atoms with Crippen LogP contribution in [0.3, 0.4) is 0 Å². The van der Waals surface area contributed by atoms with Crippen LogP contribution in [0.1, 0.15) is 54.5 Å². The van der Waals surface area contributed by atoms with Gasteiger partial charge in [0.15, 0.2) is 0 Å². The van der Waals surface area contributed by atoms with Crippen LogP contribution >= 0.6 is 11.6 Å². The Hall–Kier alpha value is -2.12. The van der Waals surface area contributed by atoms with Gasteiger partial charge in [0, 0.05) is 49.0 Å². The summed E-state index contributed by atoms with van der Waals surface area (Å²) in [5, 5.41) is 4.32. The molecule has 0 bridgehead atoms. The number of benzene rings is 1. The van der Waals surface area contributed by atoms with Crippen molar-refractivity contribution in [2.24, 2.45) is 11.3 Å². The monoisotopic (exact) mass is 477 g/mol. The highest BCUT2D eigenvalue weighted by molar-refractivity contribution is 6.30. The van der Waals surface area contributed by atoms with E-state index in [4.69, 9.17) is 11.6 Å². The van der Waals surface area contributed by atoms with E-state index in [0.29, 0.717) is 41.7 Å². The van der Waals surface area contributed by atoms with Gasteiger partial charge < -0.3 is 10.2 Å². The average molecular weight is 478 g/mol. The van der Waals surface area contributed by atoms with Crippen molar-refractivity contribution < 1.29 is 18.0 Å². The predicted molar refractivity (Wildman–Crippen MR) is 119 cm³/mol. The van der Waals surface area contributed by atoms with Gasteiger partial charge in [-0.3, -0.25) is 9.78 Å². The maximum absolute atomic E-state index is 13.8. The van der Waals surface area contributed by atoms with Crippen LogP contribution in [0.2, 0.25) is 5.02 Å². The summed E-state index contributed by atoms with van der Waals surface area (Å²) in [6, 6.07) is 9.16. The van der Waals surface area contributed by atoms with Crippen molar-refractivity contribution in [2.75, 3.05) is 6.54 Å². The molecule has 2 heterocycles. The Bertz CT molecular complexity index is 1060. The summed E-state index contributed by atoms with van der Waals surface area (Å²) < 4.78 is 39.5. The molecule has 0 spiro atoms. The first-order valence-electron chi connectivity index (χ1n) is 11.6. The Morgan fingerprint density at radius 3 is 2.94 bits per heavy atom. The molecule has 0 radical (unpaired) electrons. The molecule has 2 aliphatic carbocycles. The highest BCUT2D eigenvalue weighted by atomic mass is 35.5. The Labute approximate surface area is 196 Å². The predicted octanol–water partition coefficient (Wildman–Crippen LogP) is 5.38. The minimum Gasteiger partial charge on any atom is -0.337 e. The van der Waals surface area contributed by atoms with Crippen LogP contribution in [0.15, 0.2) is 36.5 Å². The zero-order valence-electron chi connectivity index (χ0n) is 18.3. The zero-order valence-corrected chi connectivity index (χ0v) is 19.1. The van der Waals surface area contributed by atoms with Gasteiger partial charge in [0.1, 0.15) is 0 Å². The molecule has 8 heteroatoms. The van der Waals surface area contributed by atoms with Gasteiger partial charge in [-0.05, 0) is 60.9 Å². The molecule has 3 atom stereocenters. The summed E-state index contributed by atoms with van der Waals surface area (Å²) >= 11 is 6.09. The summed E-state index contributed by atoms with van der Waals surface area (Å²) in [6.07, 6.45) is 1.61. The molecule has 2 fully saturated rings. The van der Waals surface area contributed by atoms with Gasteiger partial charge >= 0.3 is 6.18 Å². The summed E-state index contributed by atoms with van der Waals surface area (Å²) in [6.45, 7) is 1.42. The van der Waals surface area contributed by atoms with Gasteiger partial charge in [-0.1, -0.05) is 30.2 Å². The van der Waals surface area contributed by atoms with Crippen molar-refractivity contribution in [3.63, 3.8) is 0 Å². The lowest BCUT2D eigenvalue weighted by atomic mass is 9.78. The lowest BCUT2D eigenvalue weighted by Crippen LogP contribution is -2.46. The van der Waals surface area contributed by atoms with E-state index in [9.17, 15) is 18.0 Å². The molecule has 2 saturated carbocycles. The normalized spacial score (nSPS) is 26.8. The summed E-state index contributed by atoms with van der Waals surface area (Å²) in [7, 11) is 0. The molecule has 3 unspecified atom stereocenters. The minimum absolute atomic E-state index is 0.111. The topological polar surface area (TPSA) is 45.2 Å². The Morgan fingerprint density at radius 2 is 2.15 bits per heavy atom. The number of rotatable bonds is 4. The first-order chi connectivity index (χ1) is 15.7. The number of amides is 1. The van der Waals surface area contributed by atoms with Gasteiger partial charge in [-0.2, -0.15) is 13.2 Å². The van der Waals surface area contributed by atoms with Gasteiger partial charge in [0.05, 0.1) is 11.0 Å². The van der Waals surface area contributed by atoms with E-state index >= 15 is 0 Å². The highest BCUT2D eigenvalue weighted by Gasteiger charge is 2.56. The van der Waals surface area contributed by atoms with E-state index in [2.05, 4.69) is 10.3 Å². The molecule has 1 N–H and O–H groups in total. The second kappa shape index (κ2) is 8.58. The second-order valence-electron chi connectivity index (χ2n) is 9.70. The van der Waals surface area contributed by atoms with Crippen LogP contribution < -0.4 is 5.32 Å². The van der Waals surface area contributed by atoms with Gasteiger partial charge in [0.2, 0.25) is 5.91 Å². The van der Waals surface area contributed by atoms with Crippen LogP contribution in [0.25, 0.3) is 0 Å². The maximum atomic E-state index is 13.8. The number of nitrogens with zero attached hydrogens (tertiary/aromatic N) is 2. The van der Waals surface area contributed by atoms with Gasteiger partial charge in [0.25, 0.3) is 0 Å². The van der Waals surface area contributed by atoms with Gasteiger partial charge in [-0.25, -0.2) is 0 Å². The van der Waals surface area contributed by atoms with Crippen LogP contribution in [-0.4, -0.2) is 28.4 Å². The first-order valence-corrected chi connectivity index (χ1v) is 11.9. The largest absolute Gasteiger partial charge is 0.417 e. The molecule has 4 nitrogen and oxygen atoms in total. The minimum atomic E-state index is -4.43. The number of hydrogen-bond acceptors (Lipinski definition) is 3. The van der Waals surface area contributed by atoms with E-state index in [1.54, 1.807) is 4.90 Å². The van der Waals surface area contributed by atoms with Crippen LogP contribution in [0.4, 0.5) is 13.2 Å². The van der Waals surface area contributed by atoms with E-state index < -0.39 is 17.2 Å². The lowest BCUT2D eigenvalue weighted by Gasteiger charge is -2.37. The third-order valence-corrected chi connectivity index (χ3v) is 7.94. The number of carbonyl (C=O) groups excluding carboxylic acids is 1. The zero-order chi connectivity index (χ0) is 23.2. The number of nitrogens with one attached hydrogen (secondary N) is 1. The number of alkyl halides is 3. The fraction of sp³-hybridized carbons (Fsp3) is 0.520. The number of carbonyl (C=O) groups is 1. The maximum Gasteiger partial charge on any atom is 0.417 e. The third-order valence-electron chi connectivity index (χ3n) is 7.70. The Kier molecular flexibility index (Phi) is 5.90. The molecule has 176 valence electrons. The van der Waals surface area contributed by atoms with Gasteiger partial charge in [-0.15, -0.1) is 0 Å². The molecule has 1 aliphatic heterocycles. The quantitative estimate of drug-likeness (QED) is 0.643. The van der Waals surface area contributed by atoms with E-state index in [0.717, 1.165) is 49.9 Å². The third kappa shape index (κ3) is 4.37. The highest BCUT2D eigenvalue weighted by Crippen LogP contribution is 2.55. The molecule has 3 aliphatic rings. The number of pyridine rings is 1. The van der Waals surface area contributed by atoms with E-state index in [1.165, 1.54) is 0 Å². The van der Waals surface area contributed by atoms with Crippen molar-refractivity contribution in [3.8, 4) is 0 Å². The Morgan fingerprint density at radius 1 is 1.30 bits per heavy atom. The summed E-state index contributed by atoms with van der Waals surface area (Å²) in [4.78, 5) is 19.6. The number of fused-ring (bicyclic) bond motifs is 2. The standard InChI is InChI=1S/C25H27ClF3N3O/c26-20-5-1-3-16(9-20)13-30-21-11-18-4-2-7-24(18,12-21)23(33)32-8-6-22-17(15-32)10-19(14-31-22)25(27,28)29/h1,3,5,9-10,14,18,21,30H,2,4,6-8,11-13,15H2. The molecule has 2 aromatic rings. The van der Waals surface area contributed by atoms with Crippen LogP contribution in [0.5, 0.6) is 0 Å². The van der Waals surface area contributed by atoms with Crippen molar-refractivity contribution in [3.05, 3.63) is 63.9 Å². The molecule has 33 heavy (non-hydrogen) atoms. The van der Waals surface area contributed by atoms with Crippen molar-refractivity contribution in [2.45, 2.75) is 63.8 Å². The molecule has 1 aromatic heterocycles. The van der Waals surface area contributed by atoms with Crippen molar-refractivity contribution in [1.82, 2.24) is 15.2 Å². The fourth-order valence-electron chi connectivity index (χ4n) is 6.13. The molecule has 1 amide bonds. The number of halogens is 4. The van der Waals surface area contributed by atoms with Crippen molar-refractivity contribution in [1.29, 1.82) is 0 Å². The van der Waals surface area contributed by atoms with Crippen molar-refractivity contribution >= 4 is 17.5 Å². The molecular weight excluding hydrogens is 451 g/mol. The number of hydrogen-bond donors (Lipinski definition) is 1.